The summed E-state index contributed by atoms with van der Waals surface area (Å²) in [5, 5.41) is 10.6. The van der Waals surface area contributed by atoms with E-state index in [1.54, 1.807) is 0 Å². The van der Waals surface area contributed by atoms with Gasteiger partial charge in [-0.15, -0.1) is 0 Å². The van der Waals surface area contributed by atoms with Gasteiger partial charge in [0.25, 0.3) is 0 Å². The number of carbonyl (C=O) groups excluding carboxylic acids is 3. The molecule has 1 heterocycles. The standard InChI is InChI=1S/C22H29NO4/c1-14-8-15(2)22(27)18(9-14)19(24)10-17-11-20(25)23(21(26)12-17)13-16-6-4-3-5-7-16/h3-7,14-15,17-19,24H,8-13H2,1-2H3. The Balaban J connectivity index is 1.59. The van der Waals surface area contributed by atoms with Crippen LogP contribution < -0.4 is 0 Å². The summed E-state index contributed by atoms with van der Waals surface area (Å²) in [5.41, 5.74) is 0.925. The molecule has 1 aromatic carbocycles. The van der Waals surface area contributed by atoms with Crippen LogP contribution in [-0.2, 0) is 20.9 Å². The Morgan fingerprint density at radius 3 is 2.30 bits per heavy atom. The molecular formula is C22H29NO4. The fourth-order valence-electron chi connectivity index (χ4n) is 4.62. The highest BCUT2D eigenvalue weighted by Crippen LogP contribution is 2.35. The van der Waals surface area contributed by atoms with Crippen LogP contribution >= 0.6 is 0 Å². The largest absolute Gasteiger partial charge is 0.392 e. The average molecular weight is 371 g/mol. The highest BCUT2D eigenvalue weighted by molar-refractivity contribution is 5.97. The van der Waals surface area contributed by atoms with Crippen molar-refractivity contribution in [3.63, 3.8) is 0 Å². The van der Waals surface area contributed by atoms with Crippen LogP contribution in [0.4, 0.5) is 0 Å². The fraction of sp³-hybridized carbons (Fsp3) is 0.591. The first kappa shape index (κ1) is 19.7. The Bertz CT molecular complexity index is 684. The molecule has 0 radical (unpaired) electrons. The molecule has 2 aliphatic rings. The number of likely N-dealkylation sites (tertiary alicyclic amines) is 1. The molecular weight excluding hydrogens is 342 g/mol. The molecule has 1 aliphatic heterocycles. The molecule has 1 saturated carbocycles. The number of aliphatic hydroxyl groups is 1. The molecule has 4 unspecified atom stereocenters. The summed E-state index contributed by atoms with van der Waals surface area (Å²) in [4.78, 5) is 38.8. The summed E-state index contributed by atoms with van der Waals surface area (Å²) in [6.07, 6.45) is 1.64. The summed E-state index contributed by atoms with van der Waals surface area (Å²) in [7, 11) is 0. The van der Waals surface area contributed by atoms with Gasteiger partial charge in [0.2, 0.25) is 11.8 Å². The van der Waals surface area contributed by atoms with Crippen molar-refractivity contribution in [2.75, 3.05) is 0 Å². The van der Waals surface area contributed by atoms with E-state index in [0.29, 0.717) is 25.3 Å². The summed E-state index contributed by atoms with van der Waals surface area (Å²) in [5.74, 6) is -0.422. The van der Waals surface area contributed by atoms with Crippen molar-refractivity contribution >= 4 is 17.6 Å². The molecule has 2 amide bonds. The maximum Gasteiger partial charge on any atom is 0.229 e. The van der Waals surface area contributed by atoms with Gasteiger partial charge in [-0.05, 0) is 36.7 Å². The molecule has 1 N–H and O–H groups in total. The van der Waals surface area contributed by atoms with Gasteiger partial charge in [0.15, 0.2) is 0 Å². The molecule has 3 rings (SSSR count). The van der Waals surface area contributed by atoms with Gasteiger partial charge in [0.1, 0.15) is 5.78 Å². The summed E-state index contributed by atoms with van der Waals surface area (Å²) in [6.45, 7) is 4.33. The van der Waals surface area contributed by atoms with E-state index in [9.17, 15) is 19.5 Å². The maximum absolute atomic E-state index is 12.5. The number of amides is 2. The minimum Gasteiger partial charge on any atom is -0.392 e. The van der Waals surface area contributed by atoms with Gasteiger partial charge >= 0.3 is 0 Å². The van der Waals surface area contributed by atoms with E-state index in [4.69, 9.17) is 0 Å². The number of carbonyl (C=O) groups is 3. The third kappa shape index (κ3) is 4.64. The van der Waals surface area contributed by atoms with Crippen LogP contribution in [0, 0.1) is 23.7 Å². The molecule has 4 atom stereocenters. The van der Waals surface area contributed by atoms with Gasteiger partial charge in [-0.2, -0.15) is 0 Å². The van der Waals surface area contributed by atoms with Gasteiger partial charge in [0.05, 0.1) is 12.6 Å². The van der Waals surface area contributed by atoms with E-state index in [1.165, 1.54) is 4.90 Å². The normalized spacial score (nSPS) is 28.5. The van der Waals surface area contributed by atoms with Crippen molar-refractivity contribution < 1.29 is 19.5 Å². The Morgan fingerprint density at radius 2 is 1.67 bits per heavy atom. The van der Waals surface area contributed by atoms with Crippen molar-refractivity contribution in [1.82, 2.24) is 4.90 Å². The second-order valence-electron chi connectivity index (χ2n) is 8.42. The number of rotatable bonds is 5. The van der Waals surface area contributed by atoms with Crippen molar-refractivity contribution in [1.29, 1.82) is 0 Å². The van der Waals surface area contributed by atoms with Gasteiger partial charge in [-0.25, -0.2) is 0 Å². The van der Waals surface area contributed by atoms with Gasteiger partial charge in [-0.1, -0.05) is 44.2 Å². The van der Waals surface area contributed by atoms with Gasteiger partial charge in [-0.3, -0.25) is 19.3 Å². The monoisotopic (exact) mass is 371 g/mol. The fourth-order valence-corrected chi connectivity index (χ4v) is 4.62. The Labute approximate surface area is 160 Å². The first-order valence-electron chi connectivity index (χ1n) is 9.94. The number of hydrogen-bond acceptors (Lipinski definition) is 4. The number of piperidine rings is 1. The molecule has 0 bridgehead atoms. The Hall–Kier alpha value is -2.01. The number of imide groups is 1. The van der Waals surface area contributed by atoms with E-state index < -0.39 is 6.10 Å². The van der Waals surface area contributed by atoms with Crippen LogP contribution in [0.3, 0.4) is 0 Å². The van der Waals surface area contributed by atoms with E-state index >= 15 is 0 Å². The van der Waals surface area contributed by atoms with Crippen molar-refractivity contribution in [3.05, 3.63) is 35.9 Å². The highest BCUT2D eigenvalue weighted by atomic mass is 16.3. The molecule has 0 spiro atoms. The molecule has 0 aromatic heterocycles. The average Bonchev–Trinajstić information content (AvgIpc) is 2.62. The predicted molar refractivity (Wildman–Crippen MR) is 101 cm³/mol. The lowest BCUT2D eigenvalue weighted by atomic mass is 9.71. The van der Waals surface area contributed by atoms with Crippen LogP contribution in [0.25, 0.3) is 0 Å². The van der Waals surface area contributed by atoms with Crippen LogP contribution in [0.2, 0.25) is 0 Å². The van der Waals surface area contributed by atoms with Crippen molar-refractivity contribution in [2.45, 2.75) is 58.6 Å². The zero-order chi connectivity index (χ0) is 19.6. The lowest BCUT2D eigenvalue weighted by molar-refractivity contribution is -0.151. The summed E-state index contributed by atoms with van der Waals surface area (Å²) >= 11 is 0. The molecule has 1 aromatic rings. The van der Waals surface area contributed by atoms with E-state index in [0.717, 1.165) is 12.0 Å². The Morgan fingerprint density at radius 1 is 1.04 bits per heavy atom. The van der Waals surface area contributed by atoms with Crippen LogP contribution in [0.5, 0.6) is 0 Å². The summed E-state index contributed by atoms with van der Waals surface area (Å²) < 4.78 is 0. The van der Waals surface area contributed by atoms with Crippen LogP contribution in [-0.4, -0.2) is 33.7 Å². The number of ketones is 1. The van der Waals surface area contributed by atoms with Gasteiger partial charge in [0, 0.05) is 24.7 Å². The second kappa shape index (κ2) is 8.34. The maximum atomic E-state index is 12.5. The molecule has 1 aliphatic carbocycles. The number of aliphatic hydroxyl groups excluding tert-OH is 1. The molecule has 5 nitrogen and oxygen atoms in total. The first-order chi connectivity index (χ1) is 12.8. The van der Waals surface area contributed by atoms with E-state index in [1.807, 2.05) is 37.3 Å². The zero-order valence-corrected chi connectivity index (χ0v) is 16.1. The lowest BCUT2D eigenvalue weighted by Gasteiger charge is -2.36. The number of hydrogen-bond donors (Lipinski definition) is 1. The highest BCUT2D eigenvalue weighted by Gasteiger charge is 2.39. The minimum atomic E-state index is -0.769. The predicted octanol–water partition coefficient (Wildman–Crippen LogP) is 2.95. The third-order valence-corrected chi connectivity index (χ3v) is 6.01. The number of Topliss-reactive ketones (excluding diaryl/α,β-unsaturated/α-hetero) is 1. The quantitative estimate of drug-likeness (QED) is 0.808. The number of nitrogens with zero attached hydrogens (tertiary/aromatic N) is 1. The number of benzene rings is 1. The SMILES string of the molecule is CC1CC(C)C(=O)C(C(O)CC2CC(=O)N(Cc3ccccc3)C(=O)C2)C1. The minimum absolute atomic E-state index is 0.0237. The van der Waals surface area contributed by atoms with Crippen LogP contribution in [0.15, 0.2) is 30.3 Å². The molecule has 146 valence electrons. The van der Waals surface area contributed by atoms with E-state index in [2.05, 4.69) is 6.92 Å². The van der Waals surface area contributed by atoms with Crippen LogP contribution in [0.1, 0.15) is 51.5 Å². The Kier molecular flexibility index (Phi) is 6.10. The molecule has 27 heavy (non-hydrogen) atoms. The van der Waals surface area contributed by atoms with Gasteiger partial charge < -0.3 is 5.11 Å². The smallest absolute Gasteiger partial charge is 0.229 e. The van der Waals surface area contributed by atoms with Crippen molar-refractivity contribution in [2.24, 2.45) is 23.7 Å². The molecule has 5 heteroatoms. The van der Waals surface area contributed by atoms with E-state index in [-0.39, 0.29) is 48.2 Å². The molecule has 2 fully saturated rings. The topological polar surface area (TPSA) is 74.7 Å². The lowest BCUT2D eigenvalue weighted by Crippen LogP contribution is -2.44. The zero-order valence-electron chi connectivity index (χ0n) is 16.1. The molecule has 1 saturated heterocycles. The summed E-state index contributed by atoms with van der Waals surface area (Å²) in [6, 6.07) is 9.46. The van der Waals surface area contributed by atoms with Crippen molar-refractivity contribution in [3.8, 4) is 0 Å². The third-order valence-electron chi connectivity index (χ3n) is 6.01. The first-order valence-corrected chi connectivity index (χ1v) is 9.94. The second-order valence-corrected chi connectivity index (χ2v) is 8.42.